The predicted octanol–water partition coefficient (Wildman–Crippen LogP) is 9.38. The summed E-state index contributed by atoms with van der Waals surface area (Å²) >= 11 is 0. The van der Waals surface area contributed by atoms with Gasteiger partial charge in [-0.2, -0.15) is 0 Å². The first-order chi connectivity index (χ1) is 20.6. The molecule has 0 radical (unpaired) electrons. The summed E-state index contributed by atoms with van der Waals surface area (Å²) in [6.45, 7) is 14.1. The lowest BCUT2D eigenvalue weighted by Gasteiger charge is -2.34. The summed E-state index contributed by atoms with van der Waals surface area (Å²) in [4.78, 5) is 13.9. The molecule has 0 fully saturated rings. The molecule has 43 heavy (non-hydrogen) atoms. The van der Waals surface area contributed by atoms with E-state index in [2.05, 4.69) is 140 Å². The van der Waals surface area contributed by atoms with Crippen molar-refractivity contribution in [1.29, 1.82) is 0 Å². The van der Waals surface area contributed by atoms with Gasteiger partial charge in [-0.25, -0.2) is 4.98 Å². The van der Waals surface area contributed by atoms with E-state index in [1.165, 1.54) is 16.3 Å². The van der Waals surface area contributed by atoms with E-state index in [4.69, 9.17) is 9.72 Å². The third-order valence-electron chi connectivity index (χ3n) is 8.30. The molecule has 1 aliphatic rings. The Balaban J connectivity index is 1.28. The van der Waals surface area contributed by atoms with Crippen molar-refractivity contribution < 1.29 is 4.74 Å². The molecule has 0 saturated heterocycles. The molecule has 1 aliphatic heterocycles. The van der Waals surface area contributed by atoms with E-state index in [-0.39, 0.29) is 11.0 Å². The number of nitrogens with zero attached hydrogens (tertiary/aromatic N) is 5. The lowest BCUT2D eigenvalue weighted by molar-refractivity contribution is 0.483. The van der Waals surface area contributed by atoms with Crippen molar-refractivity contribution >= 4 is 38.9 Å². The van der Waals surface area contributed by atoms with E-state index in [0.29, 0.717) is 0 Å². The van der Waals surface area contributed by atoms with Crippen LogP contribution in [0.15, 0.2) is 104 Å². The molecule has 0 N–H and O–H groups in total. The highest BCUT2D eigenvalue weighted by molar-refractivity contribution is 6.09. The molecular weight excluding hydrogens is 530 g/mol. The Morgan fingerprint density at radius 2 is 1.49 bits per heavy atom. The van der Waals surface area contributed by atoms with E-state index < -0.39 is 0 Å². The Morgan fingerprint density at radius 1 is 0.698 bits per heavy atom. The molecule has 216 valence electrons. The SMILES string of the molecule is CC(C)(C)c1ccnc(-n2c3ccccc3c3ccc(Oc4cccc(N5CN(C(C)(C)C)c6cnccc65)c4)cc32)c1. The van der Waals surface area contributed by atoms with Crippen LogP contribution in [0.2, 0.25) is 0 Å². The molecule has 6 aromatic rings. The molecule has 0 atom stereocenters. The van der Waals surface area contributed by atoms with Crippen molar-refractivity contribution in [2.75, 3.05) is 16.5 Å². The van der Waals surface area contributed by atoms with E-state index in [0.717, 1.165) is 52.1 Å². The van der Waals surface area contributed by atoms with Crippen LogP contribution in [0.4, 0.5) is 17.1 Å². The molecule has 3 aromatic carbocycles. The lowest BCUT2D eigenvalue weighted by atomic mass is 9.88. The molecule has 6 nitrogen and oxygen atoms in total. The number of rotatable bonds is 4. The van der Waals surface area contributed by atoms with Crippen LogP contribution in [0.25, 0.3) is 27.6 Å². The van der Waals surface area contributed by atoms with Gasteiger partial charge in [0.2, 0.25) is 0 Å². The van der Waals surface area contributed by atoms with Crippen LogP contribution in [0.5, 0.6) is 11.5 Å². The second-order valence-electron chi connectivity index (χ2n) is 13.3. The molecule has 4 heterocycles. The maximum Gasteiger partial charge on any atom is 0.137 e. The zero-order chi connectivity index (χ0) is 29.9. The predicted molar refractivity (Wildman–Crippen MR) is 177 cm³/mol. The Morgan fingerprint density at radius 3 is 2.30 bits per heavy atom. The number of hydrogen-bond acceptors (Lipinski definition) is 5. The molecule has 0 bridgehead atoms. The van der Waals surface area contributed by atoms with Gasteiger partial charge < -0.3 is 14.5 Å². The molecule has 0 spiro atoms. The smallest absolute Gasteiger partial charge is 0.137 e. The number of fused-ring (bicyclic) bond motifs is 4. The van der Waals surface area contributed by atoms with Crippen LogP contribution in [0, 0.1) is 0 Å². The van der Waals surface area contributed by atoms with E-state index in [1.807, 2.05) is 24.7 Å². The summed E-state index contributed by atoms with van der Waals surface area (Å²) in [5, 5.41) is 2.36. The fraction of sp³-hybridized carbons (Fsp3) is 0.243. The van der Waals surface area contributed by atoms with Gasteiger partial charge in [-0.15, -0.1) is 0 Å². The zero-order valence-corrected chi connectivity index (χ0v) is 25.7. The summed E-state index contributed by atoms with van der Waals surface area (Å²) in [7, 11) is 0. The number of pyridine rings is 2. The van der Waals surface area contributed by atoms with Crippen LogP contribution in [0.3, 0.4) is 0 Å². The molecule has 3 aromatic heterocycles. The lowest BCUT2D eigenvalue weighted by Crippen LogP contribution is -2.42. The highest BCUT2D eigenvalue weighted by atomic mass is 16.5. The second-order valence-corrected chi connectivity index (χ2v) is 13.3. The van der Waals surface area contributed by atoms with Crippen molar-refractivity contribution in [2.24, 2.45) is 0 Å². The standard InChI is InChI=1S/C37H37N5O/c1-36(2,3)25-16-19-39-35(20-25)42-31-13-8-7-12-29(31)30-15-14-28(22-33(30)42)43-27-11-9-10-26(21-27)40-24-41(37(4,5)6)34-23-38-18-17-32(34)40/h7-23H,24H2,1-6H3. The number of para-hydroxylation sites is 1. The van der Waals surface area contributed by atoms with Gasteiger partial charge in [-0.05, 0) is 80.3 Å². The quantitative estimate of drug-likeness (QED) is 0.212. The number of anilines is 3. The van der Waals surface area contributed by atoms with Gasteiger partial charge in [0.15, 0.2) is 0 Å². The Hall–Kier alpha value is -4.84. The summed E-state index contributed by atoms with van der Waals surface area (Å²) in [6.07, 6.45) is 5.73. The van der Waals surface area contributed by atoms with Crippen LogP contribution < -0.4 is 14.5 Å². The van der Waals surface area contributed by atoms with Gasteiger partial charge in [-0.1, -0.05) is 45.0 Å². The van der Waals surface area contributed by atoms with Gasteiger partial charge >= 0.3 is 0 Å². The van der Waals surface area contributed by atoms with Gasteiger partial charge in [0.1, 0.15) is 17.3 Å². The highest BCUT2D eigenvalue weighted by Crippen LogP contribution is 2.44. The summed E-state index contributed by atoms with van der Waals surface area (Å²) < 4.78 is 8.80. The third kappa shape index (κ3) is 4.77. The largest absolute Gasteiger partial charge is 0.457 e. The van der Waals surface area contributed by atoms with Crippen molar-refractivity contribution in [3.8, 4) is 17.3 Å². The van der Waals surface area contributed by atoms with Crippen LogP contribution in [-0.2, 0) is 5.41 Å². The number of benzene rings is 3. The van der Waals surface area contributed by atoms with Crippen molar-refractivity contribution in [3.05, 3.63) is 109 Å². The topological polar surface area (TPSA) is 46.4 Å². The van der Waals surface area contributed by atoms with Crippen LogP contribution in [-0.4, -0.2) is 26.7 Å². The van der Waals surface area contributed by atoms with Crippen LogP contribution >= 0.6 is 0 Å². The summed E-state index contributed by atoms with van der Waals surface area (Å²) in [6, 6.07) is 29.6. The summed E-state index contributed by atoms with van der Waals surface area (Å²) in [5.74, 6) is 2.48. The second kappa shape index (κ2) is 9.87. The van der Waals surface area contributed by atoms with Crippen LogP contribution in [0.1, 0.15) is 47.1 Å². The van der Waals surface area contributed by atoms with Crippen molar-refractivity contribution in [3.63, 3.8) is 0 Å². The number of hydrogen-bond donors (Lipinski definition) is 0. The molecule has 0 unspecified atom stereocenters. The monoisotopic (exact) mass is 567 g/mol. The first-order valence-corrected chi connectivity index (χ1v) is 14.9. The first-order valence-electron chi connectivity index (χ1n) is 14.9. The van der Waals surface area contributed by atoms with E-state index in [1.54, 1.807) is 0 Å². The highest BCUT2D eigenvalue weighted by Gasteiger charge is 2.33. The Bertz CT molecular complexity index is 1980. The minimum Gasteiger partial charge on any atom is -0.457 e. The zero-order valence-electron chi connectivity index (χ0n) is 25.7. The van der Waals surface area contributed by atoms with Gasteiger partial charge in [0, 0.05) is 46.5 Å². The van der Waals surface area contributed by atoms with E-state index >= 15 is 0 Å². The van der Waals surface area contributed by atoms with Gasteiger partial charge in [0.05, 0.1) is 35.3 Å². The molecular formula is C37H37N5O. The molecule has 7 rings (SSSR count). The first kappa shape index (κ1) is 27.0. The number of ether oxygens (including phenoxy) is 1. The molecule has 6 heteroatoms. The number of aromatic nitrogens is 3. The maximum atomic E-state index is 6.55. The average molecular weight is 568 g/mol. The summed E-state index contributed by atoms with van der Waals surface area (Å²) in [5.41, 5.74) is 6.80. The normalized spacial score (nSPS) is 13.6. The Labute approximate surface area is 253 Å². The fourth-order valence-electron chi connectivity index (χ4n) is 6.02. The van der Waals surface area contributed by atoms with E-state index in [9.17, 15) is 0 Å². The Kier molecular flexibility index (Phi) is 6.20. The van der Waals surface area contributed by atoms with Gasteiger partial charge in [-0.3, -0.25) is 9.55 Å². The minimum absolute atomic E-state index is 0.0199. The maximum absolute atomic E-state index is 6.55. The van der Waals surface area contributed by atoms with Crippen molar-refractivity contribution in [1.82, 2.24) is 14.5 Å². The molecule has 0 saturated carbocycles. The van der Waals surface area contributed by atoms with Gasteiger partial charge in [0.25, 0.3) is 0 Å². The average Bonchev–Trinajstić information content (AvgIpc) is 3.53. The molecule has 0 aliphatic carbocycles. The third-order valence-corrected chi connectivity index (χ3v) is 8.30. The molecule has 0 amide bonds. The fourth-order valence-corrected chi connectivity index (χ4v) is 6.02. The minimum atomic E-state index is -0.0320. The van der Waals surface area contributed by atoms with Crippen molar-refractivity contribution in [2.45, 2.75) is 52.5 Å².